The zero-order chi connectivity index (χ0) is 22.1. The molecule has 0 aliphatic carbocycles. The third kappa shape index (κ3) is 3.27. The number of hydrogen-bond acceptors (Lipinski definition) is 5. The van der Waals surface area contributed by atoms with Crippen LogP contribution in [0.25, 0.3) is 27.7 Å². The van der Waals surface area contributed by atoms with Crippen molar-refractivity contribution in [3.8, 4) is 16.9 Å². The molecule has 156 valence electrons. The lowest BCUT2D eigenvalue weighted by Gasteiger charge is -2.01. The Morgan fingerprint density at radius 2 is 1.38 bits per heavy atom. The molecule has 0 aliphatic heterocycles. The Kier molecular flexibility index (Phi) is 4.68. The van der Waals surface area contributed by atoms with Crippen molar-refractivity contribution in [3.63, 3.8) is 0 Å². The first-order chi connectivity index (χ1) is 15.6. The zero-order valence-electron chi connectivity index (χ0n) is 16.6. The number of rotatable bonds is 4. The summed E-state index contributed by atoms with van der Waals surface area (Å²) in [6.45, 7) is 0. The summed E-state index contributed by atoms with van der Waals surface area (Å²) in [5.74, 6) is 0. The monoisotopic (exact) mass is 424 g/mol. The van der Waals surface area contributed by atoms with E-state index in [-0.39, 0.29) is 22.1 Å². The fourth-order valence-corrected chi connectivity index (χ4v) is 3.48. The van der Waals surface area contributed by atoms with Crippen molar-refractivity contribution in [2.45, 2.75) is 0 Å². The lowest BCUT2D eigenvalue weighted by atomic mass is 10.1. The maximum Gasteiger partial charge on any atom is 0.299 e. The van der Waals surface area contributed by atoms with E-state index in [1.807, 2.05) is 48.5 Å². The molecule has 2 heterocycles. The zero-order valence-corrected chi connectivity index (χ0v) is 16.6. The molecule has 0 unspecified atom stereocenters. The van der Waals surface area contributed by atoms with Crippen molar-refractivity contribution in [1.82, 2.24) is 20.0 Å². The second-order valence-corrected chi connectivity index (χ2v) is 6.99. The van der Waals surface area contributed by atoms with E-state index in [0.717, 1.165) is 5.56 Å². The van der Waals surface area contributed by atoms with Crippen LogP contribution in [0, 0.1) is 0 Å². The maximum absolute atomic E-state index is 13.2. The van der Waals surface area contributed by atoms with Gasteiger partial charge in [-0.2, -0.15) is 0 Å². The topological polar surface area (TPSA) is 128 Å². The van der Waals surface area contributed by atoms with E-state index >= 15 is 0 Å². The molecule has 0 radical (unpaired) electrons. The van der Waals surface area contributed by atoms with Gasteiger partial charge in [0.1, 0.15) is 0 Å². The highest BCUT2D eigenvalue weighted by Crippen LogP contribution is 2.29. The number of nitrogens with one attached hydrogen (secondary N) is 3. The van der Waals surface area contributed by atoms with Gasteiger partial charge < -0.3 is 0 Å². The molecule has 3 aromatic carbocycles. The van der Waals surface area contributed by atoms with Gasteiger partial charge in [0.05, 0.1) is 27.8 Å². The number of para-hydroxylation sites is 1. The van der Waals surface area contributed by atoms with Gasteiger partial charge in [-0.15, -0.1) is 10.2 Å². The Hall–Kier alpha value is -4.79. The van der Waals surface area contributed by atoms with Gasteiger partial charge in [-0.3, -0.25) is 29.7 Å². The fraction of sp³-hybridized carbons (Fsp3) is 0. The Labute approximate surface area is 179 Å². The molecule has 0 amide bonds. The third-order valence-electron chi connectivity index (χ3n) is 5.00. The Bertz CT molecular complexity index is 1630. The summed E-state index contributed by atoms with van der Waals surface area (Å²) in [5, 5.41) is 16.4. The van der Waals surface area contributed by atoms with E-state index in [2.05, 4.69) is 25.5 Å². The first-order valence-electron chi connectivity index (χ1n) is 9.75. The normalized spacial score (nSPS) is 11.4. The number of azo groups is 1. The van der Waals surface area contributed by atoms with Crippen LogP contribution in [0.3, 0.4) is 0 Å². The van der Waals surface area contributed by atoms with Crippen molar-refractivity contribution in [3.05, 3.63) is 110 Å². The fourth-order valence-electron chi connectivity index (χ4n) is 3.48. The van der Waals surface area contributed by atoms with Gasteiger partial charge in [0.15, 0.2) is 5.69 Å². The van der Waals surface area contributed by atoms with Crippen LogP contribution in [-0.2, 0) is 0 Å². The molecule has 5 aromatic rings. The lowest BCUT2D eigenvalue weighted by molar-refractivity contribution is 0.852. The third-order valence-corrected chi connectivity index (χ3v) is 5.00. The average molecular weight is 424 g/mol. The van der Waals surface area contributed by atoms with E-state index in [0.29, 0.717) is 11.4 Å². The van der Waals surface area contributed by atoms with Crippen molar-refractivity contribution in [2.24, 2.45) is 10.2 Å². The number of H-pyrrole nitrogens is 3. The summed E-state index contributed by atoms with van der Waals surface area (Å²) in [4.78, 5) is 37.6. The van der Waals surface area contributed by atoms with Crippen LogP contribution in [0.2, 0.25) is 0 Å². The molecule has 0 spiro atoms. The quantitative estimate of drug-likeness (QED) is 0.380. The van der Waals surface area contributed by atoms with Crippen molar-refractivity contribution >= 4 is 22.1 Å². The molecule has 5 rings (SSSR count). The summed E-state index contributed by atoms with van der Waals surface area (Å²) in [6, 6.07) is 23.1. The van der Waals surface area contributed by atoms with Gasteiger partial charge in [-0.05, 0) is 24.3 Å². The Morgan fingerprint density at radius 3 is 2.12 bits per heavy atom. The van der Waals surface area contributed by atoms with Crippen molar-refractivity contribution < 1.29 is 0 Å². The SMILES string of the molecule is O=c1[nH][nH]c(=O)c2c(N=Nc3c(-c4ccccc4)[nH]n(-c4ccccc4)c3=O)cccc12. The molecule has 32 heavy (non-hydrogen) atoms. The molecule has 0 fully saturated rings. The van der Waals surface area contributed by atoms with Gasteiger partial charge in [0, 0.05) is 5.56 Å². The minimum atomic E-state index is -0.506. The summed E-state index contributed by atoms with van der Waals surface area (Å²) in [7, 11) is 0. The molecular formula is C23H16N6O3. The highest BCUT2D eigenvalue weighted by atomic mass is 16.1. The number of benzene rings is 3. The second-order valence-electron chi connectivity index (χ2n) is 6.99. The number of hydrogen-bond donors (Lipinski definition) is 3. The van der Waals surface area contributed by atoms with Crippen molar-refractivity contribution in [1.29, 1.82) is 0 Å². The van der Waals surface area contributed by atoms with Crippen LogP contribution >= 0.6 is 0 Å². The van der Waals surface area contributed by atoms with Crippen LogP contribution in [-0.4, -0.2) is 20.0 Å². The predicted octanol–water partition coefficient (Wildman–Crippen LogP) is 3.78. The maximum atomic E-state index is 13.2. The predicted molar refractivity (Wildman–Crippen MR) is 121 cm³/mol. The minimum Gasteiger partial charge on any atom is -0.288 e. The van der Waals surface area contributed by atoms with Crippen LogP contribution in [0.5, 0.6) is 0 Å². The van der Waals surface area contributed by atoms with E-state index in [1.54, 1.807) is 24.3 Å². The van der Waals surface area contributed by atoms with E-state index < -0.39 is 16.7 Å². The molecule has 0 bridgehead atoms. The molecule has 0 saturated heterocycles. The highest BCUT2D eigenvalue weighted by molar-refractivity contribution is 5.90. The number of nitrogens with zero attached hydrogens (tertiary/aromatic N) is 3. The molecule has 0 aliphatic rings. The molecule has 9 nitrogen and oxygen atoms in total. The summed E-state index contributed by atoms with van der Waals surface area (Å²) < 4.78 is 1.39. The standard InChI is InChI=1S/C23H16N6O3/c30-21-16-12-7-13-17(18(16)22(31)27-26-21)24-25-20-19(14-8-3-1-4-9-14)28-29(23(20)32)15-10-5-2-6-11-15/h1-13,28H,(H,26,30)(H,27,31). The average Bonchev–Trinajstić information content (AvgIpc) is 3.17. The number of aromatic amines is 3. The summed E-state index contributed by atoms with van der Waals surface area (Å²) >= 11 is 0. The molecular weight excluding hydrogens is 408 g/mol. The summed E-state index contributed by atoms with van der Waals surface area (Å²) in [6.07, 6.45) is 0. The minimum absolute atomic E-state index is 0.0818. The Balaban J connectivity index is 1.72. The molecule has 9 heteroatoms. The van der Waals surface area contributed by atoms with Gasteiger partial charge in [0.2, 0.25) is 0 Å². The van der Waals surface area contributed by atoms with Crippen LogP contribution in [0.1, 0.15) is 0 Å². The lowest BCUT2D eigenvalue weighted by Crippen LogP contribution is -2.18. The van der Waals surface area contributed by atoms with E-state index in [9.17, 15) is 14.4 Å². The van der Waals surface area contributed by atoms with Gasteiger partial charge in [-0.1, -0.05) is 54.6 Å². The highest BCUT2D eigenvalue weighted by Gasteiger charge is 2.17. The van der Waals surface area contributed by atoms with E-state index in [1.165, 1.54) is 10.7 Å². The summed E-state index contributed by atoms with van der Waals surface area (Å²) in [5.41, 5.74) is 0.785. The Morgan fingerprint density at radius 1 is 0.688 bits per heavy atom. The van der Waals surface area contributed by atoms with Crippen LogP contribution in [0.15, 0.2) is 103 Å². The van der Waals surface area contributed by atoms with Gasteiger partial charge in [0.25, 0.3) is 16.7 Å². The first-order valence-corrected chi connectivity index (χ1v) is 9.75. The molecule has 0 atom stereocenters. The molecule has 0 saturated carbocycles. The smallest absolute Gasteiger partial charge is 0.288 e. The van der Waals surface area contributed by atoms with E-state index in [4.69, 9.17) is 0 Å². The van der Waals surface area contributed by atoms with Gasteiger partial charge >= 0.3 is 0 Å². The largest absolute Gasteiger partial charge is 0.299 e. The number of fused-ring (bicyclic) bond motifs is 1. The second kappa shape index (κ2) is 7.80. The molecule has 2 aromatic heterocycles. The van der Waals surface area contributed by atoms with Crippen molar-refractivity contribution in [2.75, 3.05) is 0 Å². The van der Waals surface area contributed by atoms with Gasteiger partial charge in [-0.25, -0.2) is 4.68 Å². The van der Waals surface area contributed by atoms with Crippen LogP contribution in [0.4, 0.5) is 11.4 Å². The van der Waals surface area contributed by atoms with Crippen LogP contribution < -0.4 is 16.7 Å². The molecule has 3 N–H and O–H groups in total. The first kappa shape index (κ1) is 19.2. The number of aromatic nitrogens is 4.